The zero-order valence-electron chi connectivity index (χ0n) is 11.7. The van der Waals surface area contributed by atoms with Crippen LogP contribution in [0.25, 0.3) is 0 Å². The molecule has 1 saturated heterocycles. The molecule has 94 valence electrons. The monoisotopic (exact) mass is 225 g/mol. The van der Waals surface area contributed by atoms with Crippen LogP contribution in [0.15, 0.2) is 0 Å². The van der Waals surface area contributed by atoms with Crippen LogP contribution >= 0.6 is 0 Å². The molecule has 0 aromatic heterocycles. The fourth-order valence-electron chi connectivity index (χ4n) is 1.65. The van der Waals surface area contributed by atoms with E-state index in [-0.39, 0.29) is 0 Å². The zero-order valence-corrected chi connectivity index (χ0v) is 11.7. The Morgan fingerprint density at radius 3 is 2.25 bits per heavy atom. The second-order valence-electron chi connectivity index (χ2n) is 4.90. The summed E-state index contributed by atoms with van der Waals surface area (Å²) in [6.07, 6.45) is 1.14. The van der Waals surface area contributed by atoms with Gasteiger partial charge in [-0.15, -0.1) is 0 Å². The van der Waals surface area contributed by atoms with E-state index in [0.717, 1.165) is 19.5 Å². The first-order chi connectivity index (χ1) is 7.38. The minimum Gasteiger partial charge on any atom is -0.378 e. The van der Waals surface area contributed by atoms with Crippen LogP contribution in [0, 0.1) is 17.8 Å². The number of nitrogens with zero attached hydrogens (tertiary/aromatic N) is 1. The summed E-state index contributed by atoms with van der Waals surface area (Å²) in [5.74, 6) is 6.51. The summed E-state index contributed by atoms with van der Waals surface area (Å²) in [5.41, 5.74) is -0.842. The lowest BCUT2D eigenvalue weighted by Gasteiger charge is -2.19. The van der Waals surface area contributed by atoms with Crippen LogP contribution < -0.4 is 0 Å². The lowest BCUT2D eigenvalue weighted by atomic mass is 10.1. The van der Waals surface area contributed by atoms with Crippen molar-refractivity contribution in [3.05, 3.63) is 0 Å². The molecular formula is C14H27NO. The second kappa shape index (κ2) is 6.93. The van der Waals surface area contributed by atoms with Crippen molar-refractivity contribution in [2.45, 2.75) is 59.6 Å². The lowest BCUT2D eigenvalue weighted by molar-refractivity contribution is 0.143. The topological polar surface area (TPSA) is 23.5 Å². The number of hydrogen-bond acceptors (Lipinski definition) is 2. The maximum Gasteiger partial charge on any atom is 0.119 e. The van der Waals surface area contributed by atoms with Crippen molar-refractivity contribution in [2.75, 3.05) is 13.1 Å². The third kappa shape index (κ3) is 6.15. The maximum absolute atomic E-state index is 9.47. The van der Waals surface area contributed by atoms with Crippen LogP contribution in [0.3, 0.4) is 0 Å². The van der Waals surface area contributed by atoms with E-state index in [0.29, 0.717) is 12.0 Å². The predicted molar refractivity (Wildman–Crippen MR) is 70.2 cm³/mol. The molecule has 0 aromatic carbocycles. The predicted octanol–water partition coefficient (Wildman–Crippen LogP) is 2.52. The lowest BCUT2D eigenvalue weighted by Crippen LogP contribution is -2.28. The van der Waals surface area contributed by atoms with E-state index < -0.39 is 5.60 Å². The first-order valence-corrected chi connectivity index (χ1v) is 6.37. The highest BCUT2D eigenvalue weighted by Crippen LogP contribution is 2.17. The molecular weight excluding hydrogens is 198 g/mol. The number of rotatable bonds is 1. The normalized spacial score (nSPS) is 21.1. The molecule has 1 rings (SSSR count). The third-order valence-corrected chi connectivity index (χ3v) is 2.53. The van der Waals surface area contributed by atoms with Crippen molar-refractivity contribution < 1.29 is 5.11 Å². The van der Waals surface area contributed by atoms with Crippen molar-refractivity contribution in [2.24, 2.45) is 5.92 Å². The third-order valence-electron chi connectivity index (χ3n) is 2.53. The van der Waals surface area contributed by atoms with Crippen LogP contribution in [0.4, 0.5) is 0 Å². The Labute approximate surface area is 101 Å². The Hall–Kier alpha value is -0.520. The Balaban J connectivity index is 0.00000106. The number of aliphatic hydroxyl groups is 1. The molecule has 2 nitrogen and oxygen atoms in total. The first kappa shape index (κ1) is 15.5. The van der Waals surface area contributed by atoms with Crippen molar-refractivity contribution in [1.29, 1.82) is 0 Å². The van der Waals surface area contributed by atoms with Gasteiger partial charge in [0.25, 0.3) is 0 Å². The Morgan fingerprint density at radius 2 is 1.88 bits per heavy atom. The van der Waals surface area contributed by atoms with E-state index in [2.05, 4.69) is 30.6 Å². The van der Waals surface area contributed by atoms with Crippen molar-refractivity contribution >= 4 is 0 Å². The largest absolute Gasteiger partial charge is 0.378 e. The molecule has 1 heterocycles. The molecule has 0 saturated carbocycles. The Kier molecular flexibility index (Phi) is 6.71. The van der Waals surface area contributed by atoms with Crippen molar-refractivity contribution in [1.82, 2.24) is 4.90 Å². The minimum atomic E-state index is -0.842. The molecule has 0 aromatic rings. The highest BCUT2D eigenvalue weighted by molar-refractivity contribution is 5.14. The van der Waals surface area contributed by atoms with Gasteiger partial charge in [0.1, 0.15) is 5.60 Å². The smallest absolute Gasteiger partial charge is 0.119 e. The van der Waals surface area contributed by atoms with Gasteiger partial charge in [0.2, 0.25) is 0 Å². The van der Waals surface area contributed by atoms with Gasteiger partial charge in [0.05, 0.1) is 0 Å². The zero-order chi connectivity index (χ0) is 12.8. The summed E-state index contributed by atoms with van der Waals surface area (Å²) in [7, 11) is 0. The molecule has 1 unspecified atom stereocenters. The summed E-state index contributed by atoms with van der Waals surface area (Å²) in [6.45, 7) is 14.1. The molecule has 1 N–H and O–H groups in total. The van der Waals surface area contributed by atoms with Gasteiger partial charge in [0, 0.05) is 18.5 Å². The first-order valence-electron chi connectivity index (χ1n) is 6.37. The van der Waals surface area contributed by atoms with E-state index in [1.54, 1.807) is 13.8 Å². The van der Waals surface area contributed by atoms with Gasteiger partial charge in [0.15, 0.2) is 0 Å². The van der Waals surface area contributed by atoms with E-state index in [1.165, 1.54) is 0 Å². The summed E-state index contributed by atoms with van der Waals surface area (Å²) in [4.78, 5) is 2.43. The summed E-state index contributed by atoms with van der Waals surface area (Å²) < 4.78 is 0. The van der Waals surface area contributed by atoms with Crippen molar-refractivity contribution in [3.8, 4) is 11.8 Å². The molecule has 1 aliphatic heterocycles. The maximum atomic E-state index is 9.47. The molecule has 0 aliphatic carbocycles. The van der Waals surface area contributed by atoms with Gasteiger partial charge in [-0.3, -0.25) is 4.90 Å². The second-order valence-corrected chi connectivity index (χ2v) is 4.90. The molecule has 2 heteroatoms. The van der Waals surface area contributed by atoms with Crippen LogP contribution in [0.1, 0.15) is 48.0 Å². The molecule has 0 amide bonds. The van der Waals surface area contributed by atoms with Gasteiger partial charge in [-0.05, 0) is 40.7 Å². The molecule has 1 atom stereocenters. The van der Waals surface area contributed by atoms with Gasteiger partial charge >= 0.3 is 0 Å². The fourth-order valence-corrected chi connectivity index (χ4v) is 1.65. The molecule has 1 aliphatic rings. The van der Waals surface area contributed by atoms with Crippen LogP contribution in [0.2, 0.25) is 0 Å². The van der Waals surface area contributed by atoms with E-state index in [9.17, 15) is 5.11 Å². The standard InChI is InChI=1S/C12H21NO.C2H6/c1-10(2)13-8-6-11(9-13)5-7-12(3,4)14;1-2/h10-11,14H,6,8-9H2,1-4H3;1-2H3. The van der Waals surface area contributed by atoms with Crippen LogP contribution in [-0.4, -0.2) is 34.7 Å². The average Bonchev–Trinajstić information content (AvgIpc) is 2.65. The average molecular weight is 225 g/mol. The van der Waals surface area contributed by atoms with Gasteiger partial charge in [-0.1, -0.05) is 25.7 Å². The van der Waals surface area contributed by atoms with Gasteiger partial charge < -0.3 is 5.11 Å². The Morgan fingerprint density at radius 1 is 1.31 bits per heavy atom. The number of likely N-dealkylation sites (tertiary alicyclic amines) is 1. The van der Waals surface area contributed by atoms with E-state index in [4.69, 9.17) is 0 Å². The van der Waals surface area contributed by atoms with E-state index >= 15 is 0 Å². The SMILES string of the molecule is CC.CC(C)N1CCC(C#CC(C)(C)O)C1. The van der Waals surface area contributed by atoms with Gasteiger partial charge in [-0.2, -0.15) is 0 Å². The summed E-state index contributed by atoms with van der Waals surface area (Å²) >= 11 is 0. The highest BCUT2D eigenvalue weighted by atomic mass is 16.3. The van der Waals surface area contributed by atoms with Crippen molar-refractivity contribution in [3.63, 3.8) is 0 Å². The molecule has 1 fully saturated rings. The van der Waals surface area contributed by atoms with Crippen LogP contribution in [-0.2, 0) is 0 Å². The minimum absolute atomic E-state index is 0.448. The summed E-state index contributed by atoms with van der Waals surface area (Å²) in [5, 5.41) is 9.47. The molecule has 0 radical (unpaired) electrons. The fraction of sp³-hybridized carbons (Fsp3) is 0.857. The van der Waals surface area contributed by atoms with Gasteiger partial charge in [-0.25, -0.2) is 0 Å². The van der Waals surface area contributed by atoms with Crippen LogP contribution in [0.5, 0.6) is 0 Å². The quantitative estimate of drug-likeness (QED) is 0.693. The number of hydrogen-bond donors (Lipinski definition) is 1. The molecule has 0 spiro atoms. The molecule has 16 heavy (non-hydrogen) atoms. The summed E-state index contributed by atoms with van der Waals surface area (Å²) in [6, 6.07) is 0.615. The highest BCUT2D eigenvalue weighted by Gasteiger charge is 2.22. The molecule has 0 bridgehead atoms. The van der Waals surface area contributed by atoms with E-state index in [1.807, 2.05) is 13.8 Å². The Bertz CT molecular complexity index is 242.